The van der Waals surface area contributed by atoms with Gasteiger partial charge in [0.2, 0.25) is 0 Å². The van der Waals surface area contributed by atoms with Crippen molar-refractivity contribution in [2.75, 3.05) is 0 Å². The Kier molecular flexibility index (Phi) is 2.57. The van der Waals surface area contributed by atoms with Crippen LogP contribution in [0.15, 0.2) is 24.4 Å². The van der Waals surface area contributed by atoms with Crippen molar-refractivity contribution in [3.8, 4) is 0 Å². The number of ketones is 1. The summed E-state index contributed by atoms with van der Waals surface area (Å²) in [6.07, 6.45) is 1.67. The second-order valence-corrected chi connectivity index (χ2v) is 3.98. The first-order valence-corrected chi connectivity index (χ1v) is 5.04. The summed E-state index contributed by atoms with van der Waals surface area (Å²) in [7, 11) is 5.56. The first-order chi connectivity index (χ1) is 7.09. The summed E-state index contributed by atoms with van der Waals surface area (Å²) < 4.78 is 0. The summed E-state index contributed by atoms with van der Waals surface area (Å²) in [6, 6.07) is 5.39. The molecule has 2 aromatic rings. The average Bonchev–Trinajstić information content (AvgIpc) is 2.59. The number of nitrogens with one attached hydrogen (secondary N) is 1. The molecular formula is C11H9BClNO. The first kappa shape index (κ1) is 10.3. The summed E-state index contributed by atoms with van der Waals surface area (Å²) in [5.41, 5.74) is 1.49. The summed E-state index contributed by atoms with van der Waals surface area (Å²) in [6.45, 7) is 1.67. The molecule has 0 fully saturated rings. The van der Waals surface area contributed by atoms with E-state index < -0.39 is 5.82 Å². The van der Waals surface area contributed by atoms with Crippen LogP contribution in [0.4, 0.5) is 0 Å². The minimum atomic E-state index is -0.497. The predicted octanol–water partition coefficient (Wildman–Crippen LogP) is 2.98. The van der Waals surface area contributed by atoms with Gasteiger partial charge in [-0.15, -0.1) is 0 Å². The van der Waals surface area contributed by atoms with E-state index in [4.69, 9.17) is 19.4 Å². The number of carbonyl (C=O) groups excluding carboxylic acids is 1. The first-order valence-electron chi connectivity index (χ1n) is 4.66. The molecular weight excluding hydrogens is 208 g/mol. The van der Waals surface area contributed by atoms with E-state index in [0.29, 0.717) is 10.6 Å². The second kappa shape index (κ2) is 3.74. The normalized spacial score (nSPS) is 12.9. The van der Waals surface area contributed by atoms with Crippen molar-refractivity contribution < 1.29 is 4.79 Å². The van der Waals surface area contributed by atoms with Gasteiger partial charge in [0.05, 0.1) is 7.85 Å². The van der Waals surface area contributed by atoms with Crippen LogP contribution in [0.1, 0.15) is 17.3 Å². The van der Waals surface area contributed by atoms with E-state index in [1.807, 2.05) is 6.07 Å². The molecule has 15 heavy (non-hydrogen) atoms. The van der Waals surface area contributed by atoms with E-state index in [9.17, 15) is 4.79 Å². The predicted molar refractivity (Wildman–Crippen MR) is 62.8 cm³/mol. The van der Waals surface area contributed by atoms with Gasteiger partial charge < -0.3 is 4.98 Å². The number of rotatable bonds is 2. The molecule has 0 amide bonds. The van der Waals surface area contributed by atoms with Gasteiger partial charge in [-0.25, -0.2) is 0 Å². The molecule has 1 heterocycles. The summed E-state index contributed by atoms with van der Waals surface area (Å²) >= 11 is 5.88. The molecule has 1 N–H and O–H groups in total. The van der Waals surface area contributed by atoms with Crippen LogP contribution in [0.3, 0.4) is 0 Å². The lowest BCUT2D eigenvalue weighted by atomic mass is 9.83. The Morgan fingerprint density at radius 1 is 1.53 bits per heavy atom. The lowest BCUT2D eigenvalue weighted by molar-refractivity contribution is 0.0990. The maximum Gasteiger partial charge on any atom is 0.159 e. The van der Waals surface area contributed by atoms with E-state index in [2.05, 4.69) is 4.98 Å². The van der Waals surface area contributed by atoms with Crippen LogP contribution in [-0.4, -0.2) is 18.6 Å². The highest BCUT2D eigenvalue weighted by atomic mass is 35.5. The molecule has 2 radical (unpaired) electrons. The Morgan fingerprint density at radius 3 is 2.93 bits per heavy atom. The highest BCUT2D eigenvalue weighted by Crippen LogP contribution is 2.24. The maximum atomic E-state index is 11.7. The molecule has 1 atom stereocenters. The molecule has 0 saturated carbocycles. The number of H-pyrrole nitrogens is 1. The van der Waals surface area contributed by atoms with Gasteiger partial charge in [0, 0.05) is 27.7 Å². The SMILES string of the molecule is [B]C(C)C(=O)c1c[nH]c2ccc(Cl)cc12. The van der Waals surface area contributed by atoms with Crippen molar-refractivity contribution in [2.45, 2.75) is 12.7 Å². The largest absolute Gasteiger partial charge is 0.360 e. The van der Waals surface area contributed by atoms with Crippen LogP contribution >= 0.6 is 11.6 Å². The standard InChI is InChI=1S/C11H9BClNO/c1-6(12)11(15)9-5-14-10-3-2-7(13)4-8(9)10/h2-6,14H,1H3. The number of aromatic amines is 1. The highest BCUT2D eigenvalue weighted by molar-refractivity contribution is 6.32. The van der Waals surface area contributed by atoms with E-state index in [1.165, 1.54) is 0 Å². The zero-order valence-electron chi connectivity index (χ0n) is 8.25. The Bertz CT molecular complexity index is 518. The van der Waals surface area contributed by atoms with Crippen LogP contribution in [-0.2, 0) is 0 Å². The fraction of sp³-hybridized carbons (Fsp3) is 0.182. The van der Waals surface area contributed by atoms with Gasteiger partial charge in [-0.3, -0.25) is 4.79 Å². The fourth-order valence-corrected chi connectivity index (χ4v) is 1.71. The number of benzene rings is 1. The van der Waals surface area contributed by atoms with Crippen LogP contribution in [0.5, 0.6) is 0 Å². The molecule has 1 unspecified atom stereocenters. The summed E-state index contributed by atoms with van der Waals surface area (Å²) in [4.78, 5) is 14.8. The van der Waals surface area contributed by atoms with Gasteiger partial charge in [-0.1, -0.05) is 18.5 Å². The van der Waals surface area contributed by atoms with Crippen LogP contribution in [0.25, 0.3) is 10.9 Å². The molecule has 4 heteroatoms. The summed E-state index contributed by atoms with van der Waals surface area (Å²) in [5, 5.41) is 1.44. The van der Waals surface area contributed by atoms with E-state index in [0.717, 1.165) is 10.9 Å². The van der Waals surface area contributed by atoms with Gasteiger partial charge in [0.1, 0.15) is 0 Å². The van der Waals surface area contributed by atoms with Crippen LogP contribution < -0.4 is 0 Å². The number of carbonyl (C=O) groups is 1. The van der Waals surface area contributed by atoms with E-state index in [-0.39, 0.29) is 5.78 Å². The zero-order valence-corrected chi connectivity index (χ0v) is 9.01. The number of Topliss-reactive ketones (excluding diaryl/α,β-unsaturated/α-hetero) is 1. The number of halogens is 1. The lowest BCUT2D eigenvalue weighted by Gasteiger charge is -2.02. The Morgan fingerprint density at radius 2 is 2.27 bits per heavy atom. The number of aromatic nitrogens is 1. The van der Waals surface area contributed by atoms with Crippen molar-refractivity contribution in [2.24, 2.45) is 0 Å². The fourth-order valence-electron chi connectivity index (χ4n) is 1.54. The number of fused-ring (bicyclic) bond motifs is 1. The number of hydrogen-bond donors (Lipinski definition) is 1. The van der Waals surface area contributed by atoms with Gasteiger partial charge >= 0.3 is 0 Å². The van der Waals surface area contributed by atoms with Crippen LogP contribution in [0, 0.1) is 0 Å². The summed E-state index contributed by atoms with van der Waals surface area (Å²) in [5.74, 6) is -0.577. The molecule has 2 rings (SSSR count). The molecule has 74 valence electrons. The third-order valence-electron chi connectivity index (χ3n) is 2.32. The van der Waals surface area contributed by atoms with Gasteiger partial charge in [-0.05, 0) is 24.0 Å². The van der Waals surface area contributed by atoms with Gasteiger partial charge in [-0.2, -0.15) is 0 Å². The molecule has 0 aliphatic heterocycles. The van der Waals surface area contributed by atoms with Crippen molar-refractivity contribution in [3.63, 3.8) is 0 Å². The van der Waals surface area contributed by atoms with Crippen molar-refractivity contribution >= 4 is 36.1 Å². The van der Waals surface area contributed by atoms with Gasteiger partial charge in [0.15, 0.2) is 5.78 Å². The van der Waals surface area contributed by atoms with Crippen molar-refractivity contribution in [1.29, 1.82) is 0 Å². The highest BCUT2D eigenvalue weighted by Gasteiger charge is 2.14. The quantitative estimate of drug-likeness (QED) is 0.609. The molecule has 1 aromatic carbocycles. The molecule has 0 spiro atoms. The Labute approximate surface area is 94.0 Å². The molecule has 2 nitrogen and oxygen atoms in total. The third-order valence-corrected chi connectivity index (χ3v) is 2.56. The molecule has 0 aliphatic rings. The molecule has 0 saturated heterocycles. The molecule has 0 aliphatic carbocycles. The Balaban J connectivity index is 2.62. The lowest BCUT2D eigenvalue weighted by Crippen LogP contribution is -2.04. The maximum absolute atomic E-state index is 11.7. The molecule has 0 bridgehead atoms. The Hall–Kier alpha value is -1.22. The monoisotopic (exact) mass is 217 g/mol. The van der Waals surface area contributed by atoms with Crippen molar-refractivity contribution in [1.82, 2.24) is 4.98 Å². The zero-order chi connectivity index (χ0) is 11.0. The minimum Gasteiger partial charge on any atom is -0.360 e. The van der Waals surface area contributed by atoms with E-state index >= 15 is 0 Å². The number of hydrogen-bond acceptors (Lipinski definition) is 1. The van der Waals surface area contributed by atoms with Gasteiger partial charge in [0.25, 0.3) is 0 Å². The van der Waals surface area contributed by atoms with Crippen molar-refractivity contribution in [3.05, 3.63) is 35.0 Å². The second-order valence-electron chi connectivity index (χ2n) is 3.55. The topological polar surface area (TPSA) is 32.9 Å². The smallest absolute Gasteiger partial charge is 0.159 e. The molecule has 1 aromatic heterocycles. The van der Waals surface area contributed by atoms with Crippen LogP contribution in [0.2, 0.25) is 10.8 Å². The average molecular weight is 217 g/mol. The third kappa shape index (κ3) is 1.79. The van der Waals surface area contributed by atoms with E-state index in [1.54, 1.807) is 25.3 Å². The minimum absolute atomic E-state index is 0.0801.